The lowest BCUT2D eigenvalue weighted by Gasteiger charge is -2.19. The molecule has 1 unspecified atom stereocenters. The first-order valence-electron chi connectivity index (χ1n) is 6.16. The van der Waals surface area contributed by atoms with Crippen LogP contribution in [-0.4, -0.2) is 16.6 Å². The summed E-state index contributed by atoms with van der Waals surface area (Å²) in [6.07, 6.45) is 9.36. The van der Waals surface area contributed by atoms with Gasteiger partial charge in [0, 0.05) is 29.2 Å². The molecule has 18 heavy (non-hydrogen) atoms. The van der Waals surface area contributed by atoms with Crippen molar-refractivity contribution >= 4 is 27.5 Å². The summed E-state index contributed by atoms with van der Waals surface area (Å²) >= 11 is 3.30. The zero-order valence-corrected chi connectivity index (χ0v) is 11.6. The highest BCUT2D eigenvalue weighted by Gasteiger charge is 2.26. The fourth-order valence-corrected chi connectivity index (χ4v) is 2.63. The smallest absolute Gasteiger partial charge is 0.203 e. The average molecular weight is 309 g/mol. The first-order valence-corrected chi connectivity index (χ1v) is 6.96. The summed E-state index contributed by atoms with van der Waals surface area (Å²) in [6.45, 7) is 0. The topological polar surface area (TPSA) is 47.0 Å². The number of aromatic nitrogens is 1. The van der Waals surface area contributed by atoms with Crippen molar-refractivity contribution in [1.29, 1.82) is 0 Å². The molecule has 1 aliphatic rings. The number of hydrogen-bond donors (Lipinski definition) is 0. The summed E-state index contributed by atoms with van der Waals surface area (Å²) in [7, 11) is 0. The van der Waals surface area contributed by atoms with Crippen LogP contribution in [0.4, 0.5) is 0 Å². The summed E-state index contributed by atoms with van der Waals surface area (Å²) in [5.74, 6) is -0.709. The third-order valence-electron chi connectivity index (χ3n) is 3.16. The van der Waals surface area contributed by atoms with E-state index in [2.05, 4.69) is 20.9 Å². The van der Waals surface area contributed by atoms with E-state index in [1.165, 1.54) is 0 Å². The lowest BCUT2D eigenvalue weighted by Crippen LogP contribution is -2.27. The molecule has 0 aromatic carbocycles. The lowest BCUT2D eigenvalue weighted by molar-refractivity contribution is -0.138. The fourth-order valence-electron chi connectivity index (χ4n) is 2.22. The Morgan fingerprint density at radius 1 is 1.33 bits per heavy atom. The molecule has 1 heterocycles. The minimum absolute atomic E-state index is 0.148. The summed E-state index contributed by atoms with van der Waals surface area (Å²) < 4.78 is 0.824. The van der Waals surface area contributed by atoms with E-state index in [9.17, 15) is 9.59 Å². The largest absolute Gasteiger partial charge is 0.291 e. The Bertz CT molecular complexity index is 453. The van der Waals surface area contributed by atoms with Gasteiger partial charge in [-0.2, -0.15) is 0 Å². The highest BCUT2D eigenvalue weighted by Crippen LogP contribution is 2.24. The number of pyridine rings is 1. The Hall–Kier alpha value is -1.03. The molecule has 2 rings (SSSR count). The predicted molar refractivity (Wildman–Crippen MR) is 71.9 cm³/mol. The van der Waals surface area contributed by atoms with Crippen LogP contribution in [-0.2, 0) is 16.0 Å². The van der Waals surface area contributed by atoms with Gasteiger partial charge in [-0.1, -0.05) is 12.8 Å². The van der Waals surface area contributed by atoms with E-state index in [1.54, 1.807) is 12.4 Å². The molecule has 1 fully saturated rings. The molecule has 0 saturated heterocycles. The van der Waals surface area contributed by atoms with Gasteiger partial charge < -0.3 is 0 Å². The molecule has 4 heteroatoms. The van der Waals surface area contributed by atoms with Crippen molar-refractivity contribution < 1.29 is 9.59 Å². The molecular formula is C14H15BrNO2. The van der Waals surface area contributed by atoms with Gasteiger partial charge in [0.05, 0.1) is 0 Å². The fraction of sp³-hybridized carbons (Fsp3) is 0.429. The molecule has 1 aromatic rings. The normalized spacial score (nSPS) is 16.5. The zero-order valence-electron chi connectivity index (χ0n) is 10.1. The van der Waals surface area contributed by atoms with Gasteiger partial charge in [-0.3, -0.25) is 14.6 Å². The Labute approximate surface area is 115 Å². The number of nitrogens with zero attached hydrogens (tertiary/aromatic N) is 1. The molecule has 3 nitrogen and oxygen atoms in total. The minimum Gasteiger partial charge on any atom is -0.291 e. The van der Waals surface area contributed by atoms with Crippen molar-refractivity contribution in [2.24, 2.45) is 5.92 Å². The van der Waals surface area contributed by atoms with E-state index in [-0.39, 0.29) is 23.9 Å². The number of halogens is 1. The summed E-state index contributed by atoms with van der Waals surface area (Å²) in [5.41, 5.74) is 0.776. The van der Waals surface area contributed by atoms with Crippen molar-refractivity contribution in [3.05, 3.63) is 34.9 Å². The number of rotatable bonds is 4. The molecule has 0 spiro atoms. The Morgan fingerprint density at radius 3 is 2.83 bits per heavy atom. The predicted octanol–water partition coefficient (Wildman–Crippen LogP) is 2.92. The van der Waals surface area contributed by atoms with Crippen LogP contribution in [0, 0.1) is 12.3 Å². The van der Waals surface area contributed by atoms with Gasteiger partial charge >= 0.3 is 0 Å². The second kappa shape index (κ2) is 6.23. The third-order valence-corrected chi connectivity index (χ3v) is 3.59. The lowest BCUT2D eigenvalue weighted by atomic mass is 9.84. The minimum atomic E-state index is -0.307. The number of Topliss-reactive ketones (excluding diaryl/α,β-unsaturated/α-hetero) is 2. The van der Waals surface area contributed by atoms with Crippen molar-refractivity contribution in [2.45, 2.75) is 32.1 Å². The molecule has 1 aliphatic carbocycles. The van der Waals surface area contributed by atoms with Crippen LogP contribution in [0.15, 0.2) is 22.9 Å². The molecule has 1 aromatic heterocycles. The van der Waals surface area contributed by atoms with Gasteiger partial charge in [0.1, 0.15) is 0 Å². The van der Waals surface area contributed by atoms with Crippen molar-refractivity contribution in [3.8, 4) is 0 Å². The van der Waals surface area contributed by atoms with Crippen molar-refractivity contribution in [2.75, 3.05) is 0 Å². The molecule has 0 N–H and O–H groups in total. The molecule has 0 amide bonds. The number of carbonyl (C=O) groups is 2. The maximum absolute atomic E-state index is 12.0. The standard InChI is InChI=1S/C14H15BrNO2/c15-12-6-10(8-16-9-12)7-13(17)14(18)11-4-2-1-3-5-11/h4,6,8-9,11H,1-3,5,7H2. The van der Waals surface area contributed by atoms with Gasteiger partial charge in [-0.05, 0) is 46.8 Å². The maximum Gasteiger partial charge on any atom is 0.203 e. The van der Waals surface area contributed by atoms with Gasteiger partial charge in [-0.15, -0.1) is 0 Å². The van der Waals surface area contributed by atoms with Crippen LogP contribution >= 0.6 is 15.9 Å². The Balaban J connectivity index is 1.96. The quantitative estimate of drug-likeness (QED) is 0.804. The first kappa shape index (κ1) is 13.4. The summed E-state index contributed by atoms with van der Waals surface area (Å²) in [5, 5.41) is 0. The molecule has 1 saturated carbocycles. The molecule has 0 bridgehead atoms. The zero-order chi connectivity index (χ0) is 13.0. The number of hydrogen-bond acceptors (Lipinski definition) is 3. The van der Waals surface area contributed by atoms with Gasteiger partial charge in [-0.25, -0.2) is 0 Å². The van der Waals surface area contributed by atoms with E-state index in [0.717, 1.165) is 35.7 Å². The maximum atomic E-state index is 12.0. The number of ketones is 2. The van der Waals surface area contributed by atoms with E-state index in [1.807, 2.05) is 12.5 Å². The number of carbonyl (C=O) groups excluding carboxylic acids is 2. The molecule has 0 aliphatic heterocycles. The SMILES string of the molecule is O=C(Cc1cncc(Br)c1)C(=O)C1[CH]CCCC1. The van der Waals surface area contributed by atoms with Gasteiger partial charge in [0.15, 0.2) is 0 Å². The van der Waals surface area contributed by atoms with Gasteiger partial charge in [0.25, 0.3) is 0 Å². The van der Waals surface area contributed by atoms with Crippen LogP contribution in [0.3, 0.4) is 0 Å². The average Bonchev–Trinajstić information content (AvgIpc) is 2.39. The third kappa shape index (κ3) is 3.48. The van der Waals surface area contributed by atoms with Crippen LogP contribution in [0.5, 0.6) is 0 Å². The highest BCUT2D eigenvalue weighted by atomic mass is 79.9. The van der Waals surface area contributed by atoms with Crippen LogP contribution in [0.25, 0.3) is 0 Å². The van der Waals surface area contributed by atoms with E-state index < -0.39 is 0 Å². The van der Waals surface area contributed by atoms with E-state index in [4.69, 9.17) is 0 Å². The summed E-state index contributed by atoms with van der Waals surface area (Å²) in [4.78, 5) is 27.9. The molecular weight excluding hydrogens is 294 g/mol. The van der Waals surface area contributed by atoms with Gasteiger partial charge in [0.2, 0.25) is 11.6 Å². The van der Waals surface area contributed by atoms with Crippen molar-refractivity contribution in [3.63, 3.8) is 0 Å². The monoisotopic (exact) mass is 308 g/mol. The van der Waals surface area contributed by atoms with Crippen molar-refractivity contribution in [1.82, 2.24) is 4.98 Å². The summed E-state index contributed by atoms with van der Waals surface area (Å²) in [6, 6.07) is 1.82. The molecule has 95 valence electrons. The van der Waals surface area contributed by atoms with Crippen LogP contribution in [0.1, 0.15) is 31.2 Å². The van der Waals surface area contributed by atoms with E-state index in [0.29, 0.717) is 0 Å². The Kier molecular flexibility index (Phi) is 4.64. The second-order valence-corrected chi connectivity index (χ2v) is 5.52. The molecule has 1 radical (unpaired) electrons. The highest BCUT2D eigenvalue weighted by molar-refractivity contribution is 9.10. The Morgan fingerprint density at radius 2 is 2.17 bits per heavy atom. The second-order valence-electron chi connectivity index (χ2n) is 4.60. The van der Waals surface area contributed by atoms with Crippen LogP contribution < -0.4 is 0 Å². The van der Waals surface area contributed by atoms with E-state index >= 15 is 0 Å². The molecule has 1 atom stereocenters. The first-order chi connectivity index (χ1) is 8.66. The van der Waals surface area contributed by atoms with Crippen LogP contribution in [0.2, 0.25) is 0 Å².